The van der Waals surface area contributed by atoms with Crippen molar-refractivity contribution in [3.05, 3.63) is 108 Å². The lowest BCUT2D eigenvalue weighted by Gasteiger charge is -2.34. The fraction of sp³-hybridized carbons (Fsp3) is 0.280. The standard InChI is InChI=1S/C25H18Cl4O/c26-24(27)20-19(16-10-4-1-5-11-16)21-23(25(21,28)29,18-14-8-3-9-15-18)30-22(20,24)17-12-6-2-7-13-17/h1-15,19-21H/t19?,20-,21-,22-,23+/m1/s1. The van der Waals surface area contributed by atoms with E-state index in [4.69, 9.17) is 51.1 Å². The molecule has 2 saturated carbocycles. The van der Waals surface area contributed by atoms with E-state index in [1.807, 2.05) is 78.9 Å². The van der Waals surface area contributed by atoms with Crippen molar-refractivity contribution in [3.8, 4) is 0 Å². The summed E-state index contributed by atoms with van der Waals surface area (Å²) in [4.78, 5) is 0. The summed E-state index contributed by atoms with van der Waals surface area (Å²) < 4.78 is 4.76. The summed E-state index contributed by atoms with van der Waals surface area (Å²) in [6, 6.07) is 30.2. The van der Waals surface area contributed by atoms with Gasteiger partial charge in [-0.15, -0.1) is 0 Å². The van der Waals surface area contributed by atoms with E-state index in [1.165, 1.54) is 0 Å². The Labute approximate surface area is 195 Å². The second-order valence-corrected chi connectivity index (χ2v) is 11.2. The number of halogens is 4. The molecule has 1 unspecified atom stereocenters. The third-order valence-electron chi connectivity index (χ3n) is 7.11. The summed E-state index contributed by atoms with van der Waals surface area (Å²) >= 11 is 28.1. The normalized spacial score (nSPS) is 37.0. The average Bonchev–Trinajstić information content (AvgIpc) is 3.51. The summed E-state index contributed by atoms with van der Waals surface area (Å²) in [5.41, 5.74) is 1.24. The van der Waals surface area contributed by atoms with Crippen molar-refractivity contribution in [1.82, 2.24) is 0 Å². The first-order chi connectivity index (χ1) is 14.4. The number of fused-ring (bicyclic) bond motifs is 2. The molecule has 0 N–H and O–H groups in total. The molecule has 30 heavy (non-hydrogen) atoms. The molecule has 6 rings (SSSR count). The number of alkyl halides is 4. The number of rotatable bonds is 3. The van der Waals surface area contributed by atoms with E-state index in [0.29, 0.717) is 0 Å². The number of benzene rings is 3. The summed E-state index contributed by atoms with van der Waals surface area (Å²) in [6.45, 7) is 0. The first-order valence-electron chi connectivity index (χ1n) is 10.0. The van der Waals surface area contributed by atoms with Gasteiger partial charge in [-0.3, -0.25) is 0 Å². The van der Waals surface area contributed by atoms with E-state index in [2.05, 4.69) is 12.1 Å². The third kappa shape index (κ3) is 2.16. The van der Waals surface area contributed by atoms with E-state index in [-0.39, 0.29) is 17.8 Å². The largest absolute Gasteiger partial charge is 0.352 e. The van der Waals surface area contributed by atoms with Gasteiger partial charge in [0.2, 0.25) is 0 Å². The van der Waals surface area contributed by atoms with Crippen LogP contribution in [0.3, 0.4) is 0 Å². The van der Waals surface area contributed by atoms with Gasteiger partial charge in [0.25, 0.3) is 0 Å². The van der Waals surface area contributed by atoms with Gasteiger partial charge in [0.05, 0.1) is 0 Å². The predicted octanol–water partition coefficient (Wildman–Crippen LogP) is 7.20. The molecule has 3 fully saturated rings. The van der Waals surface area contributed by atoms with Gasteiger partial charge in [-0.05, 0) is 16.7 Å². The summed E-state index contributed by atoms with van der Waals surface area (Å²) in [5, 5.41) is 0. The van der Waals surface area contributed by atoms with E-state index in [1.54, 1.807) is 0 Å². The molecular formula is C25H18Cl4O. The Hall–Kier alpha value is -1.22. The zero-order valence-corrected chi connectivity index (χ0v) is 18.8. The Morgan fingerprint density at radius 1 is 0.533 bits per heavy atom. The van der Waals surface area contributed by atoms with Gasteiger partial charge in [-0.25, -0.2) is 0 Å². The lowest BCUT2D eigenvalue weighted by Crippen LogP contribution is -2.35. The molecule has 5 heteroatoms. The summed E-state index contributed by atoms with van der Waals surface area (Å²) in [5.74, 6) is -0.385. The number of hydrogen-bond acceptors (Lipinski definition) is 1. The fourth-order valence-corrected chi connectivity index (χ4v) is 7.77. The second kappa shape index (κ2) is 6.18. The zero-order chi connectivity index (χ0) is 20.8. The fourth-order valence-electron chi connectivity index (χ4n) is 5.77. The van der Waals surface area contributed by atoms with Crippen LogP contribution in [0.15, 0.2) is 91.0 Å². The molecule has 1 aliphatic heterocycles. The van der Waals surface area contributed by atoms with Gasteiger partial charge in [-0.2, -0.15) is 0 Å². The van der Waals surface area contributed by atoms with Crippen LogP contribution in [0.25, 0.3) is 0 Å². The molecule has 0 spiro atoms. The van der Waals surface area contributed by atoms with Crippen LogP contribution in [0.5, 0.6) is 0 Å². The second-order valence-electron chi connectivity index (χ2n) is 8.44. The van der Waals surface area contributed by atoms with Gasteiger partial charge in [-0.1, -0.05) is 137 Å². The molecule has 1 heterocycles. The molecule has 5 atom stereocenters. The molecule has 3 aromatic rings. The molecule has 2 aliphatic carbocycles. The van der Waals surface area contributed by atoms with Crippen molar-refractivity contribution < 1.29 is 4.74 Å². The van der Waals surface area contributed by atoms with Gasteiger partial charge in [0, 0.05) is 17.8 Å². The van der Waals surface area contributed by atoms with Crippen molar-refractivity contribution in [2.24, 2.45) is 11.8 Å². The van der Waals surface area contributed by atoms with Crippen molar-refractivity contribution >= 4 is 46.4 Å². The maximum atomic E-state index is 7.03. The molecule has 3 aliphatic rings. The lowest BCUT2D eigenvalue weighted by molar-refractivity contribution is -0.100. The monoisotopic (exact) mass is 474 g/mol. The van der Waals surface area contributed by atoms with Crippen LogP contribution in [0.2, 0.25) is 0 Å². The quantitative estimate of drug-likeness (QED) is 0.364. The summed E-state index contributed by atoms with van der Waals surface area (Å²) in [6.07, 6.45) is 0. The highest BCUT2D eigenvalue weighted by Crippen LogP contribution is 2.89. The van der Waals surface area contributed by atoms with E-state index in [9.17, 15) is 0 Å². The van der Waals surface area contributed by atoms with Crippen LogP contribution in [-0.2, 0) is 15.9 Å². The Morgan fingerprint density at radius 3 is 1.30 bits per heavy atom. The van der Waals surface area contributed by atoms with Crippen LogP contribution in [0, 0.1) is 11.8 Å². The zero-order valence-electron chi connectivity index (χ0n) is 15.8. The molecule has 1 nitrogen and oxygen atoms in total. The van der Waals surface area contributed by atoms with Crippen LogP contribution in [0.4, 0.5) is 0 Å². The molecular weight excluding hydrogens is 458 g/mol. The molecule has 0 radical (unpaired) electrons. The van der Waals surface area contributed by atoms with Crippen molar-refractivity contribution in [1.29, 1.82) is 0 Å². The Morgan fingerprint density at radius 2 is 0.900 bits per heavy atom. The highest BCUT2D eigenvalue weighted by molar-refractivity contribution is 6.54. The first kappa shape index (κ1) is 19.5. The van der Waals surface area contributed by atoms with Gasteiger partial charge >= 0.3 is 0 Å². The minimum absolute atomic E-state index is 0.0506. The van der Waals surface area contributed by atoms with Crippen molar-refractivity contribution in [2.45, 2.75) is 25.8 Å². The van der Waals surface area contributed by atoms with E-state index >= 15 is 0 Å². The van der Waals surface area contributed by atoms with Crippen LogP contribution in [0.1, 0.15) is 22.6 Å². The van der Waals surface area contributed by atoms with Gasteiger partial charge < -0.3 is 4.74 Å². The number of hydrogen-bond donors (Lipinski definition) is 0. The number of ether oxygens (including phenoxy) is 1. The maximum Gasteiger partial charge on any atom is 0.158 e. The Bertz CT molecular complexity index is 1030. The maximum absolute atomic E-state index is 7.03. The minimum atomic E-state index is -1.09. The van der Waals surface area contributed by atoms with Gasteiger partial charge in [0.1, 0.15) is 11.2 Å². The summed E-state index contributed by atoms with van der Waals surface area (Å²) in [7, 11) is 0. The first-order valence-corrected chi connectivity index (χ1v) is 11.5. The lowest BCUT2D eigenvalue weighted by atomic mass is 9.82. The predicted molar refractivity (Wildman–Crippen MR) is 122 cm³/mol. The average molecular weight is 476 g/mol. The van der Waals surface area contributed by atoms with E-state index in [0.717, 1.165) is 16.7 Å². The van der Waals surface area contributed by atoms with Crippen molar-refractivity contribution in [2.75, 3.05) is 0 Å². The minimum Gasteiger partial charge on any atom is -0.352 e. The van der Waals surface area contributed by atoms with Crippen LogP contribution >= 0.6 is 46.4 Å². The highest BCUT2D eigenvalue weighted by atomic mass is 35.5. The van der Waals surface area contributed by atoms with Crippen LogP contribution in [-0.4, -0.2) is 8.67 Å². The molecule has 0 amide bonds. The third-order valence-corrected chi connectivity index (χ3v) is 9.17. The Kier molecular flexibility index (Phi) is 4.01. The molecule has 3 aromatic carbocycles. The SMILES string of the molecule is ClC1(Cl)[C@@H]2C(c3ccccc3)[C@H]3C(Cl)(Cl)[C@@]3(c3ccccc3)O[C@]21c1ccccc1. The molecule has 0 aromatic heterocycles. The molecule has 152 valence electrons. The smallest absolute Gasteiger partial charge is 0.158 e. The van der Waals surface area contributed by atoms with Crippen LogP contribution < -0.4 is 0 Å². The molecule has 1 saturated heterocycles. The topological polar surface area (TPSA) is 9.23 Å². The molecule has 0 bridgehead atoms. The Balaban J connectivity index is 1.61. The highest BCUT2D eigenvalue weighted by Gasteiger charge is 2.95. The van der Waals surface area contributed by atoms with E-state index < -0.39 is 19.9 Å². The van der Waals surface area contributed by atoms with Gasteiger partial charge in [0.15, 0.2) is 8.67 Å². The van der Waals surface area contributed by atoms with Crippen molar-refractivity contribution in [3.63, 3.8) is 0 Å².